The Balaban J connectivity index is 1.62. The summed E-state index contributed by atoms with van der Waals surface area (Å²) in [6.45, 7) is 8.55. The zero-order chi connectivity index (χ0) is 16.2. The Morgan fingerprint density at radius 3 is 2.61 bits per heavy atom. The van der Waals surface area contributed by atoms with Gasteiger partial charge in [0.05, 0.1) is 12.6 Å². The molecule has 0 bridgehead atoms. The molecule has 1 aromatic heterocycles. The molecule has 1 N–H and O–H groups in total. The van der Waals surface area contributed by atoms with E-state index < -0.39 is 0 Å². The van der Waals surface area contributed by atoms with Crippen molar-refractivity contribution in [3.8, 4) is 0 Å². The summed E-state index contributed by atoms with van der Waals surface area (Å²) in [4.78, 5) is 4.94. The summed E-state index contributed by atoms with van der Waals surface area (Å²) >= 11 is 0. The number of piperidine rings is 2. The van der Waals surface area contributed by atoms with Crippen LogP contribution in [0.15, 0.2) is 0 Å². The molecule has 6 heteroatoms. The van der Waals surface area contributed by atoms with E-state index in [0.29, 0.717) is 5.92 Å². The average molecular weight is 321 g/mol. The molecule has 2 fully saturated rings. The maximum atomic E-state index is 9.63. The summed E-state index contributed by atoms with van der Waals surface area (Å²) in [5, 5.41) is 18.6. The van der Waals surface area contributed by atoms with Gasteiger partial charge in [0.1, 0.15) is 11.6 Å². The van der Waals surface area contributed by atoms with Crippen LogP contribution in [0.2, 0.25) is 0 Å². The van der Waals surface area contributed by atoms with E-state index in [1.165, 1.54) is 32.4 Å². The molecule has 2 aliphatic rings. The largest absolute Gasteiger partial charge is 0.393 e. The molecular weight excluding hydrogens is 290 g/mol. The molecule has 0 spiro atoms. The fraction of sp³-hybridized carbons (Fsp3) is 0.882. The molecule has 2 saturated heterocycles. The third kappa shape index (κ3) is 4.11. The second-order valence-electron chi connectivity index (χ2n) is 7.18. The Hall–Kier alpha value is -0.980. The van der Waals surface area contributed by atoms with Crippen LogP contribution in [0.1, 0.15) is 56.6 Å². The molecule has 130 valence electrons. The Morgan fingerprint density at radius 1 is 1.09 bits per heavy atom. The molecule has 3 heterocycles. The number of aliphatic hydroxyl groups is 1. The summed E-state index contributed by atoms with van der Waals surface area (Å²) < 4.78 is 2.21. The minimum absolute atomic E-state index is 0.118. The van der Waals surface area contributed by atoms with Crippen molar-refractivity contribution < 1.29 is 5.11 Å². The second kappa shape index (κ2) is 7.73. The first-order chi connectivity index (χ1) is 11.2. The smallest absolute Gasteiger partial charge is 0.146 e. The lowest BCUT2D eigenvalue weighted by Gasteiger charge is -2.32. The lowest BCUT2D eigenvalue weighted by Crippen LogP contribution is -2.36. The average Bonchev–Trinajstić information content (AvgIpc) is 2.91. The molecule has 0 saturated carbocycles. The van der Waals surface area contributed by atoms with E-state index in [1.54, 1.807) is 0 Å². The fourth-order valence-electron chi connectivity index (χ4n) is 3.93. The molecule has 0 unspecified atom stereocenters. The number of rotatable bonds is 5. The number of nitrogens with zero attached hydrogens (tertiary/aromatic N) is 5. The van der Waals surface area contributed by atoms with Crippen LogP contribution >= 0.6 is 0 Å². The number of likely N-dealkylation sites (tertiary alicyclic amines) is 2. The second-order valence-corrected chi connectivity index (χ2v) is 7.18. The van der Waals surface area contributed by atoms with Crippen LogP contribution in [0, 0.1) is 0 Å². The first-order valence-electron chi connectivity index (χ1n) is 9.18. The lowest BCUT2D eigenvalue weighted by atomic mass is 9.97. The Kier molecular flexibility index (Phi) is 5.67. The highest BCUT2D eigenvalue weighted by Gasteiger charge is 2.26. The maximum Gasteiger partial charge on any atom is 0.146 e. The molecule has 2 aliphatic heterocycles. The van der Waals surface area contributed by atoms with Crippen LogP contribution in [-0.2, 0) is 13.6 Å². The van der Waals surface area contributed by atoms with Gasteiger partial charge in [-0.2, -0.15) is 0 Å². The van der Waals surface area contributed by atoms with Crippen molar-refractivity contribution in [3.63, 3.8) is 0 Å². The van der Waals surface area contributed by atoms with Crippen molar-refractivity contribution in [1.82, 2.24) is 24.6 Å². The van der Waals surface area contributed by atoms with Gasteiger partial charge in [-0.3, -0.25) is 4.90 Å². The maximum absolute atomic E-state index is 9.63. The van der Waals surface area contributed by atoms with Gasteiger partial charge in [0.25, 0.3) is 0 Å². The van der Waals surface area contributed by atoms with Crippen LogP contribution in [0.3, 0.4) is 0 Å². The molecule has 1 aromatic rings. The normalized spacial score (nSPS) is 25.1. The molecule has 0 aromatic carbocycles. The van der Waals surface area contributed by atoms with Gasteiger partial charge in [-0.1, -0.05) is 6.92 Å². The van der Waals surface area contributed by atoms with Gasteiger partial charge in [-0.05, 0) is 45.2 Å². The quantitative estimate of drug-likeness (QED) is 0.887. The SMILES string of the molecule is CCCN1CCC[C@H](c2nnc(CN3CCC(O)CC3)n2C)C1. The molecule has 1 atom stereocenters. The number of aromatic nitrogens is 3. The zero-order valence-electron chi connectivity index (χ0n) is 14.6. The van der Waals surface area contributed by atoms with Gasteiger partial charge in [-0.25, -0.2) is 0 Å². The first-order valence-corrected chi connectivity index (χ1v) is 9.18. The van der Waals surface area contributed by atoms with E-state index in [-0.39, 0.29) is 6.10 Å². The third-order valence-electron chi connectivity index (χ3n) is 5.33. The highest BCUT2D eigenvalue weighted by Crippen LogP contribution is 2.26. The highest BCUT2D eigenvalue weighted by atomic mass is 16.3. The van der Waals surface area contributed by atoms with E-state index in [0.717, 1.165) is 50.7 Å². The van der Waals surface area contributed by atoms with Gasteiger partial charge in [0.15, 0.2) is 0 Å². The van der Waals surface area contributed by atoms with Crippen LogP contribution < -0.4 is 0 Å². The van der Waals surface area contributed by atoms with Crippen LogP contribution in [0.4, 0.5) is 0 Å². The van der Waals surface area contributed by atoms with Crippen molar-refractivity contribution in [2.75, 3.05) is 32.7 Å². The van der Waals surface area contributed by atoms with Gasteiger partial charge >= 0.3 is 0 Å². The topological polar surface area (TPSA) is 57.4 Å². The molecule has 3 rings (SSSR count). The predicted octanol–water partition coefficient (Wildman–Crippen LogP) is 1.36. The van der Waals surface area contributed by atoms with Crippen LogP contribution in [-0.4, -0.2) is 68.5 Å². The third-order valence-corrected chi connectivity index (χ3v) is 5.33. The lowest BCUT2D eigenvalue weighted by molar-refractivity contribution is 0.0775. The molecule has 0 amide bonds. The Labute approximate surface area is 139 Å². The van der Waals surface area contributed by atoms with Crippen molar-refractivity contribution in [3.05, 3.63) is 11.6 Å². The van der Waals surface area contributed by atoms with Gasteiger partial charge < -0.3 is 14.6 Å². The minimum Gasteiger partial charge on any atom is -0.393 e. The van der Waals surface area contributed by atoms with E-state index in [9.17, 15) is 5.11 Å². The Bertz CT molecular complexity index is 493. The first kappa shape index (κ1) is 16.9. The van der Waals surface area contributed by atoms with Gasteiger partial charge in [0.2, 0.25) is 0 Å². The predicted molar refractivity (Wildman–Crippen MR) is 90.2 cm³/mol. The molecule has 0 aliphatic carbocycles. The van der Waals surface area contributed by atoms with E-state index in [4.69, 9.17) is 0 Å². The molecule has 6 nitrogen and oxygen atoms in total. The highest BCUT2D eigenvalue weighted by molar-refractivity contribution is 5.04. The molecular formula is C17H31N5O. The monoisotopic (exact) mass is 321 g/mol. The Morgan fingerprint density at radius 2 is 1.87 bits per heavy atom. The summed E-state index contributed by atoms with van der Waals surface area (Å²) in [5.74, 6) is 2.73. The summed E-state index contributed by atoms with van der Waals surface area (Å²) in [5.41, 5.74) is 0. The molecule has 23 heavy (non-hydrogen) atoms. The fourth-order valence-corrected chi connectivity index (χ4v) is 3.93. The summed E-state index contributed by atoms with van der Waals surface area (Å²) in [6, 6.07) is 0. The summed E-state index contributed by atoms with van der Waals surface area (Å²) in [6.07, 6.45) is 5.34. The zero-order valence-corrected chi connectivity index (χ0v) is 14.6. The van der Waals surface area contributed by atoms with E-state index >= 15 is 0 Å². The molecule has 0 radical (unpaired) electrons. The van der Waals surface area contributed by atoms with Crippen molar-refractivity contribution in [2.24, 2.45) is 7.05 Å². The van der Waals surface area contributed by atoms with Crippen LogP contribution in [0.25, 0.3) is 0 Å². The van der Waals surface area contributed by atoms with E-state index in [2.05, 4.69) is 38.5 Å². The number of aliphatic hydroxyl groups excluding tert-OH is 1. The number of hydrogen-bond acceptors (Lipinski definition) is 5. The standard InChI is InChI=1S/C17H31N5O/c1-3-8-21-9-4-5-14(12-21)17-19-18-16(20(17)2)13-22-10-6-15(23)7-11-22/h14-15,23H,3-13H2,1-2H3/t14-/m0/s1. The number of hydrogen-bond donors (Lipinski definition) is 1. The van der Waals surface area contributed by atoms with Crippen LogP contribution in [0.5, 0.6) is 0 Å². The minimum atomic E-state index is -0.118. The van der Waals surface area contributed by atoms with Gasteiger partial charge in [0, 0.05) is 32.6 Å². The van der Waals surface area contributed by atoms with Crippen molar-refractivity contribution in [1.29, 1.82) is 0 Å². The van der Waals surface area contributed by atoms with Gasteiger partial charge in [-0.15, -0.1) is 10.2 Å². The summed E-state index contributed by atoms with van der Waals surface area (Å²) in [7, 11) is 2.11. The van der Waals surface area contributed by atoms with Crippen molar-refractivity contribution in [2.45, 2.75) is 57.6 Å². The van der Waals surface area contributed by atoms with Crippen molar-refractivity contribution >= 4 is 0 Å². The van der Waals surface area contributed by atoms with E-state index in [1.807, 2.05) is 0 Å².